The van der Waals surface area contributed by atoms with E-state index in [1.54, 1.807) is 0 Å². The predicted octanol–water partition coefficient (Wildman–Crippen LogP) is 0.548. The third kappa shape index (κ3) is 4.43. The van der Waals surface area contributed by atoms with Crippen LogP contribution in [0.1, 0.15) is 12.0 Å². The van der Waals surface area contributed by atoms with E-state index in [-0.39, 0.29) is 24.0 Å². The maximum absolute atomic E-state index is 12.0. The molecule has 0 spiro atoms. The standard InChI is InChI=1S/C13H16N2O5S2/c1-21(16,17)15-7-6-12(9-15)10-22(18,19)20-13-4-2-11(8-14)3-5-13/h2-5,12H,6-7,9-10H2,1H3. The average molecular weight is 344 g/mol. The van der Waals surface area contributed by atoms with Gasteiger partial charge in [0.15, 0.2) is 0 Å². The van der Waals surface area contributed by atoms with Crippen molar-refractivity contribution in [2.24, 2.45) is 5.92 Å². The Labute approximate surface area is 130 Å². The lowest BCUT2D eigenvalue weighted by atomic mass is 10.2. The quantitative estimate of drug-likeness (QED) is 0.722. The molecule has 9 heteroatoms. The van der Waals surface area contributed by atoms with Crippen molar-refractivity contribution in [3.05, 3.63) is 29.8 Å². The summed E-state index contributed by atoms with van der Waals surface area (Å²) in [6, 6.07) is 7.68. The van der Waals surface area contributed by atoms with Crippen LogP contribution in [-0.2, 0) is 20.1 Å². The van der Waals surface area contributed by atoms with Crippen LogP contribution in [0.15, 0.2) is 24.3 Å². The van der Waals surface area contributed by atoms with Crippen molar-refractivity contribution in [2.75, 3.05) is 25.1 Å². The molecule has 0 aromatic heterocycles. The van der Waals surface area contributed by atoms with Crippen molar-refractivity contribution in [2.45, 2.75) is 6.42 Å². The second kappa shape index (κ2) is 6.24. The molecule has 1 atom stereocenters. The van der Waals surface area contributed by atoms with Gasteiger partial charge in [0.25, 0.3) is 0 Å². The van der Waals surface area contributed by atoms with Crippen LogP contribution in [0.2, 0.25) is 0 Å². The van der Waals surface area contributed by atoms with E-state index in [4.69, 9.17) is 9.44 Å². The van der Waals surface area contributed by atoms with Gasteiger partial charge in [0.05, 0.1) is 23.6 Å². The van der Waals surface area contributed by atoms with Gasteiger partial charge in [-0.05, 0) is 36.6 Å². The van der Waals surface area contributed by atoms with Crippen LogP contribution in [0, 0.1) is 17.2 Å². The summed E-state index contributed by atoms with van der Waals surface area (Å²) in [6.07, 6.45) is 1.60. The molecule has 1 aromatic carbocycles. The molecular formula is C13H16N2O5S2. The largest absolute Gasteiger partial charge is 0.382 e. The van der Waals surface area contributed by atoms with E-state index >= 15 is 0 Å². The van der Waals surface area contributed by atoms with Gasteiger partial charge in [-0.15, -0.1) is 0 Å². The Kier molecular flexibility index (Phi) is 4.75. The van der Waals surface area contributed by atoms with E-state index in [0.717, 1.165) is 6.26 Å². The molecule has 1 fully saturated rings. The minimum absolute atomic E-state index is 0.136. The summed E-state index contributed by atoms with van der Waals surface area (Å²) in [5, 5.41) is 8.68. The molecule has 1 saturated heterocycles. The highest BCUT2D eigenvalue weighted by atomic mass is 32.2. The summed E-state index contributed by atoms with van der Waals surface area (Å²) in [6.45, 7) is 0.519. The molecule has 0 amide bonds. The smallest absolute Gasteiger partial charge is 0.309 e. The summed E-state index contributed by atoms with van der Waals surface area (Å²) in [4.78, 5) is 0. The number of benzene rings is 1. The first-order chi connectivity index (χ1) is 10.2. The second-order valence-corrected chi connectivity index (χ2v) is 8.82. The Morgan fingerprint density at radius 3 is 2.41 bits per heavy atom. The highest BCUT2D eigenvalue weighted by Crippen LogP contribution is 2.22. The first-order valence-corrected chi connectivity index (χ1v) is 9.99. The molecule has 0 N–H and O–H groups in total. The normalized spacial score (nSPS) is 19.7. The lowest BCUT2D eigenvalue weighted by Gasteiger charge is -2.13. The van der Waals surface area contributed by atoms with Crippen molar-refractivity contribution < 1.29 is 21.0 Å². The zero-order chi connectivity index (χ0) is 16.4. The van der Waals surface area contributed by atoms with Gasteiger partial charge in [-0.1, -0.05) is 0 Å². The van der Waals surface area contributed by atoms with Crippen LogP contribution >= 0.6 is 0 Å². The average Bonchev–Trinajstić information content (AvgIpc) is 2.86. The Hall–Kier alpha value is -1.63. The molecule has 0 radical (unpaired) electrons. The lowest BCUT2D eigenvalue weighted by Crippen LogP contribution is -2.29. The molecular weight excluding hydrogens is 328 g/mol. The van der Waals surface area contributed by atoms with Crippen LogP contribution < -0.4 is 4.18 Å². The Bertz CT molecular complexity index is 779. The van der Waals surface area contributed by atoms with Gasteiger partial charge < -0.3 is 4.18 Å². The monoisotopic (exact) mass is 344 g/mol. The third-order valence-corrected chi connectivity index (χ3v) is 5.96. The minimum Gasteiger partial charge on any atom is -0.382 e. The Balaban J connectivity index is 1.98. The van der Waals surface area contributed by atoms with E-state index < -0.39 is 20.1 Å². The summed E-state index contributed by atoms with van der Waals surface area (Å²) >= 11 is 0. The molecule has 22 heavy (non-hydrogen) atoms. The molecule has 2 rings (SSSR count). The van der Waals surface area contributed by atoms with Gasteiger partial charge in [-0.25, -0.2) is 12.7 Å². The van der Waals surface area contributed by atoms with Crippen molar-refractivity contribution in [3.63, 3.8) is 0 Å². The van der Waals surface area contributed by atoms with Crippen molar-refractivity contribution >= 4 is 20.1 Å². The van der Waals surface area contributed by atoms with Gasteiger partial charge in [0, 0.05) is 13.1 Å². The number of nitriles is 1. The minimum atomic E-state index is -3.81. The number of hydrogen-bond acceptors (Lipinski definition) is 6. The second-order valence-electron chi connectivity index (χ2n) is 5.22. The van der Waals surface area contributed by atoms with Crippen LogP contribution in [0.4, 0.5) is 0 Å². The van der Waals surface area contributed by atoms with Crippen molar-refractivity contribution in [3.8, 4) is 11.8 Å². The van der Waals surface area contributed by atoms with Crippen LogP contribution in [-0.4, -0.2) is 46.2 Å². The zero-order valence-electron chi connectivity index (χ0n) is 12.0. The molecule has 0 aliphatic carbocycles. The number of nitrogens with zero attached hydrogens (tertiary/aromatic N) is 2. The first kappa shape index (κ1) is 16.7. The lowest BCUT2D eigenvalue weighted by molar-refractivity contribution is 0.453. The fourth-order valence-electron chi connectivity index (χ4n) is 2.29. The number of rotatable bonds is 5. The van der Waals surface area contributed by atoms with Gasteiger partial charge >= 0.3 is 10.1 Å². The van der Waals surface area contributed by atoms with E-state index in [2.05, 4.69) is 0 Å². The SMILES string of the molecule is CS(=O)(=O)N1CCC(CS(=O)(=O)Oc2ccc(C#N)cc2)C1. The maximum atomic E-state index is 12.0. The van der Waals surface area contributed by atoms with Crippen LogP contribution in [0.3, 0.4) is 0 Å². The van der Waals surface area contributed by atoms with E-state index in [0.29, 0.717) is 18.5 Å². The van der Waals surface area contributed by atoms with Gasteiger partial charge in [0.2, 0.25) is 10.0 Å². The number of hydrogen-bond donors (Lipinski definition) is 0. The molecule has 1 aliphatic rings. The molecule has 120 valence electrons. The van der Waals surface area contributed by atoms with E-state index in [1.807, 2.05) is 6.07 Å². The van der Waals surface area contributed by atoms with Crippen molar-refractivity contribution in [1.82, 2.24) is 4.31 Å². The van der Waals surface area contributed by atoms with Crippen LogP contribution in [0.25, 0.3) is 0 Å². The van der Waals surface area contributed by atoms with Gasteiger partial charge in [0.1, 0.15) is 5.75 Å². The summed E-state index contributed by atoms with van der Waals surface area (Å²) in [5.74, 6) is -0.381. The van der Waals surface area contributed by atoms with Crippen LogP contribution in [0.5, 0.6) is 5.75 Å². The Morgan fingerprint density at radius 2 is 1.91 bits per heavy atom. The number of sulfonamides is 1. The predicted molar refractivity (Wildman–Crippen MR) is 80.1 cm³/mol. The van der Waals surface area contributed by atoms with Gasteiger partial charge in [-0.2, -0.15) is 13.7 Å². The topological polar surface area (TPSA) is 105 Å². The summed E-state index contributed by atoms with van der Waals surface area (Å²) in [7, 11) is -7.10. The fraction of sp³-hybridized carbons (Fsp3) is 0.462. The van der Waals surface area contributed by atoms with Crippen molar-refractivity contribution in [1.29, 1.82) is 5.26 Å². The van der Waals surface area contributed by atoms with Gasteiger partial charge in [-0.3, -0.25) is 0 Å². The molecule has 1 heterocycles. The van der Waals surface area contributed by atoms with E-state index in [9.17, 15) is 16.8 Å². The molecule has 0 saturated carbocycles. The molecule has 1 aliphatic heterocycles. The summed E-state index contributed by atoms with van der Waals surface area (Å²) in [5.41, 5.74) is 0.407. The maximum Gasteiger partial charge on any atom is 0.309 e. The zero-order valence-corrected chi connectivity index (χ0v) is 13.6. The molecule has 1 aromatic rings. The highest BCUT2D eigenvalue weighted by molar-refractivity contribution is 7.88. The Morgan fingerprint density at radius 1 is 1.27 bits per heavy atom. The molecule has 7 nitrogen and oxygen atoms in total. The molecule has 0 bridgehead atoms. The highest BCUT2D eigenvalue weighted by Gasteiger charge is 2.32. The first-order valence-electron chi connectivity index (χ1n) is 6.57. The fourth-order valence-corrected chi connectivity index (χ4v) is 4.53. The van der Waals surface area contributed by atoms with E-state index in [1.165, 1.54) is 28.6 Å². The third-order valence-electron chi connectivity index (χ3n) is 3.36. The summed E-state index contributed by atoms with van der Waals surface area (Å²) < 4.78 is 53.1. The molecule has 1 unspecified atom stereocenters.